The first kappa shape index (κ1) is 15.1. The number of amides is 1. The molecule has 5 heteroatoms. The summed E-state index contributed by atoms with van der Waals surface area (Å²) in [5, 5.41) is 8.02. The molecule has 21 heavy (non-hydrogen) atoms. The van der Waals surface area contributed by atoms with Gasteiger partial charge in [0.1, 0.15) is 6.04 Å². The van der Waals surface area contributed by atoms with Crippen LogP contribution in [0.2, 0.25) is 0 Å². The number of nitrogens with one attached hydrogen (secondary N) is 2. The summed E-state index contributed by atoms with van der Waals surface area (Å²) in [7, 11) is 0. The fourth-order valence-electron chi connectivity index (χ4n) is 2.12. The summed E-state index contributed by atoms with van der Waals surface area (Å²) in [6.07, 6.45) is 3.46. The Morgan fingerprint density at radius 2 is 1.95 bits per heavy atom. The van der Waals surface area contributed by atoms with Crippen molar-refractivity contribution in [1.82, 2.24) is 10.3 Å². The van der Waals surface area contributed by atoms with Gasteiger partial charge in [-0.2, -0.15) is 0 Å². The quantitative estimate of drug-likeness (QED) is 0.757. The summed E-state index contributed by atoms with van der Waals surface area (Å²) >= 11 is 0. The van der Waals surface area contributed by atoms with E-state index < -0.39 is 0 Å². The first-order chi connectivity index (χ1) is 9.78. The minimum Gasteiger partial charge on any atom is -0.398 e. The van der Waals surface area contributed by atoms with Crippen LogP contribution in [0.25, 0.3) is 10.8 Å². The number of fused-ring (bicyclic) bond motifs is 1. The van der Waals surface area contributed by atoms with E-state index >= 15 is 0 Å². The van der Waals surface area contributed by atoms with E-state index in [-0.39, 0.29) is 17.5 Å². The fraction of sp³-hybridized carbons (Fsp3) is 0.375. The number of carbonyl (C=O) groups is 1. The van der Waals surface area contributed by atoms with Crippen molar-refractivity contribution in [3.8, 4) is 0 Å². The van der Waals surface area contributed by atoms with Crippen molar-refractivity contribution in [2.45, 2.75) is 39.3 Å². The molecule has 0 aliphatic carbocycles. The second-order valence-corrected chi connectivity index (χ2v) is 6.23. The fourth-order valence-corrected chi connectivity index (χ4v) is 2.12. The molecule has 1 aromatic heterocycles. The first-order valence-corrected chi connectivity index (χ1v) is 6.99. The summed E-state index contributed by atoms with van der Waals surface area (Å²) in [6.45, 7) is 7.71. The van der Waals surface area contributed by atoms with Gasteiger partial charge in [0, 0.05) is 40.1 Å². The third kappa shape index (κ3) is 3.62. The lowest BCUT2D eigenvalue weighted by Gasteiger charge is -2.24. The Morgan fingerprint density at radius 1 is 1.24 bits per heavy atom. The highest BCUT2D eigenvalue weighted by atomic mass is 16.2. The molecule has 4 N–H and O–H groups in total. The number of rotatable bonds is 3. The Morgan fingerprint density at radius 3 is 2.62 bits per heavy atom. The zero-order valence-electron chi connectivity index (χ0n) is 12.9. The number of nitrogens with two attached hydrogens (primary N) is 1. The molecule has 1 aromatic carbocycles. The Bertz CT molecular complexity index is 661. The molecule has 112 valence electrons. The van der Waals surface area contributed by atoms with Crippen molar-refractivity contribution >= 4 is 28.1 Å². The van der Waals surface area contributed by atoms with E-state index in [0.717, 1.165) is 16.5 Å². The SMILES string of the molecule is CC(Nc1ccc(N)c2ccncc12)C(=O)NC(C)(C)C. The van der Waals surface area contributed by atoms with Crippen LogP contribution in [0.1, 0.15) is 27.7 Å². The molecule has 5 nitrogen and oxygen atoms in total. The molecule has 0 radical (unpaired) electrons. The maximum atomic E-state index is 12.2. The molecule has 1 atom stereocenters. The normalized spacial score (nSPS) is 13.0. The molecule has 1 unspecified atom stereocenters. The number of anilines is 2. The van der Waals surface area contributed by atoms with Gasteiger partial charge in [0.05, 0.1) is 0 Å². The highest BCUT2D eigenvalue weighted by molar-refractivity contribution is 6.01. The largest absolute Gasteiger partial charge is 0.398 e. The molecule has 0 aliphatic heterocycles. The van der Waals surface area contributed by atoms with Crippen molar-refractivity contribution in [3.05, 3.63) is 30.6 Å². The summed E-state index contributed by atoms with van der Waals surface area (Å²) in [6, 6.07) is 5.23. The molecule has 1 amide bonds. The van der Waals surface area contributed by atoms with E-state index in [4.69, 9.17) is 5.73 Å². The number of pyridine rings is 1. The lowest BCUT2D eigenvalue weighted by Crippen LogP contribution is -2.47. The molecular weight excluding hydrogens is 264 g/mol. The van der Waals surface area contributed by atoms with Gasteiger partial charge in [-0.3, -0.25) is 9.78 Å². The Hall–Kier alpha value is -2.30. The molecular formula is C16H22N4O. The Labute approximate surface area is 124 Å². The van der Waals surface area contributed by atoms with Crippen molar-refractivity contribution < 1.29 is 4.79 Å². The van der Waals surface area contributed by atoms with E-state index in [1.165, 1.54) is 0 Å². The zero-order chi connectivity index (χ0) is 15.6. The molecule has 0 aliphatic rings. The van der Waals surface area contributed by atoms with Crippen LogP contribution in [-0.4, -0.2) is 22.5 Å². The van der Waals surface area contributed by atoms with Crippen molar-refractivity contribution in [3.63, 3.8) is 0 Å². The third-order valence-electron chi connectivity index (χ3n) is 3.12. The predicted octanol–water partition coefficient (Wildman–Crippen LogP) is 2.53. The zero-order valence-corrected chi connectivity index (χ0v) is 12.9. The van der Waals surface area contributed by atoms with Crippen LogP contribution in [0.15, 0.2) is 30.6 Å². The van der Waals surface area contributed by atoms with E-state index in [0.29, 0.717) is 5.69 Å². The van der Waals surface area contributed by atoms with Gasteiger partial charge in [-0.15, -0.1) is 0 Å². The van der Waals surface area contributed by atoms with Crippen molar-refractivity contribution in [2.75, 3.05) is 11.1 Å². The smallest absolute Gasteiger partial charge is 0.242 e. The van der Waals surface area contributed by atoms with Crippen LogP contribution in [0.5, 0.6) is 0 Å². The molecule has 1 heterocycles. The van der Waals surface area contributed by atoms with Gasteiger partial charge in [0.15, 0.2) is 0 Å². The maximum absolute atomic E-state index is 12.2. The maximum Gasteiger partial charge on any atom is 0.242 e. The van der Waals surface area contributed by atoms with Gasteiger partial charge in [-0.05, 0) is 45.9 Å². The van der Waals surface area contributed by atoms with Crippen LogP contribution in [0.3, 0.4) is 0 Å². The second-order valence-electron chi connectivity index (χ2n) is 6.23. The van der Waals surface area contributed by atoms with Crippen molar-refractivity contribution in [1.29, 1.82) is 0 Å². The van der Waals surface area contributed by atoms with Gasteiger partial charge >= 0.3 is 0 Å². The summed E-state index contributed by atoms with van der Waals surface area (Å²) < 4.78 is 0. The van der Waals surface area contributed by atoms with Gasteiger partial charge in [0.2, 0.25) is 5.91 Å². The third-order valence-corrected chi connectivity index (χ3v) is 3.12. The van der Waals surface area contributed by atoms with Crippen LogP contribution in [0, 0.1) is 0 Å². The van der Waals surface area contributed by atoms with Crippen LogP contribution >= 0.6 is 0 Å². The number of aromatic nitrogens is 1. The molecule has 0 saturated carbocycles. The summed E-state index contributed by atoms with van der Waals surface area (Å²) in [5.41, 5.74) is 7.26. The van der Waals surface area contributed by atoms with E-state index in [1.54, 1.807) is 12.4 Å². The predicted molar refractivity (Wildman–Crippen MR) is 87.1 cm³/mol. The monoisotopic (exact) mass is 286 g/mol. The van der Waals surface area contributed by atoms with Crippen LogP contribution in [0.4, 0.5) is 11.4 Å². The number of nitrogen functional groups attached to an aromatic ring is 1. The minimum absolute atomic E-state index is 0.0450. The van der Waals surface area contributed by atoms with Crippen molar-refractivity contribution in [2.24, 2.45) is 0 Å². The highest BCUT2D eigenvalue weighted by Crippen LogP contribution is 2.27. The minimum atomic E-state index is -0.351. The molecule has 0 spiro atoms. The second kappa shape index (κ2) is 5.60. The number of carbonyl (C=O) groups excluding carboxylic acids is 1. The van der Waals surface area contributed by atoms with E-state index in [2.05, 4.69) is 15.6 Å². The molecule has 0 fully saturated rings. The van der Waals surface area contributed by atoms with Gasteiger partial charge in [0.25, 0.3) is 0 Å². The molecule has 2 rings (SSSR count). The first-order valence-electron chi connectivity index (χ1n) is 6.99. The van der Waals surface area contributed by atoms with Gasteiger partial charge in [-0.25, -0.2) is 0 Å². The lowest BCUT2D eigenvalue weighted by molar-refractivity contribution is -0.122. The number of hydrogen-bond acceptors (Lipinski definition) is 4. The Kier molecular flexibility index (Phi) is 4.02. The van der Waals surface area contributed by atoms with Gasteiger partial charge < -0.3 is 16.4 Å². The lowest BCUT2D eigenvalue weighted by atomic mass is 10.1. The summed E-state index contributed by atoms with van der Waals surface area (Å²) in [5.74, 6) is -0.0450. The van der Waals surface area contributed by atoms with Crippen LogP contribution in [-0.2, 0) is 4.79 Å². The molecule has 0 bridgehead atoms. The average Bonchev–Trinajstić information content (AvgIpc) is 2.40. The van der Waals surface area contributed by atoms with Gasteiger partial charge in [-0.1, -0.05) is 0 Å². The number of hydrogen-bond donors (Lipinski definition) is 3. The molecule has 2 aromatic rings. The summed E-state index contributed by atoms with van der Waals surface area (Å²) in [4.78, 5) is 16.3. The van der Waals surface area contributed by atoms with E-state index in [1.807, 2.05) is 45.9 Å². The van der Waals surface area contributed by atoms with E-state index in [9.17, 15) is 4.79 Å². The number of nitrogens with zero attached hydrogens (tertiary/aromatic N) is 1. The topological polar surface area (TPSA) is 80.0 Å². The standard InChI is InChI=1S/C16H22N4O/c1-10(15(21)20-16(2,3)4)19-14-6-5-13(17)11-7-8-18-9-12(11)14/h5-10,19H,17H2,1-4H3,(H,20,21). The molecule has 0 saturated heterocycles. The number of benzene rings is 1. The van der Waals surface area contributed by atoms with Crippen LogP contribution < -0.4 is 16.4 Å². The highest BCUT2D eigenvalue weighted by Gasteiger charge is 2.19. The average molecular weight is 286 g/mol. The Balaban J connectivity index is 2.24.